The molecule has 1 aliphatic heterocycles. The molecule has 4 heteroatoms. The lowest BCUT2D eigenvalue weighted by atomic mass is 9.85. The van der Waals surface area contributed by atoms with Gasteiger partial charge in [-0.2, -0.15) is 0 Å². The molecule has 136 valence electrons. The molecule has 1 aliphatic rings. The molecule has 2 heterocycles. The smallest absolute Gasteiger partial charge is 0.261 e. The van der Waals surface area contributed by atoms with Gasteiger partial charge in [0.15, 0.2) is 0 Å². The average Bonchev–Trinajstić information content (AvgIpc) is 2.59. The summed E-state index contributed by atoms with van der Waals surface area (Å²) >= 11 is 0. The molecule has 2 aromatic carbocycles. The molecule has 0 saturated carbocycles. The molecule has 0 atom stereocenters. The van der Waals surface area contributed by atoms with Gasteiger partial charge in [-0.15, -0.1) is 0 Å². The number of aryl methyl sites for hydroxylation is 2. The lowest BCUT2D eigenvalue weighted by molar-refractivity contribution is 0.240. The van der Waals surface area contributed by atoms with Crippen molar-refractivity contribution in [3.63, 3.8) is 0 Å². The third kappa shape index (κ3) is 3.50. The third-order valence-electron chi connectivity index (χ3n) is 5.04. The summed E-state index contributed by atoms with van der Waals surface area (Å²) in [5, 5.41) is 0.614. The first-order chi connectivity index (χ1) is 12.8. The number of halogens is 1. The standard InChI is InChI=1S/C23H21FN2O/c1-15-10-17(12-18(24)11-15)5-4-16-6-7-19-20(13-16)25-21-8-9-23(2,3)14-26(21)22(19)27/h6-7,10-13H,8-9,14H2,1-3H3. The van der Waals surface area contributed by atoms with Crippen molar-refractivity contribution in [1.29, 1.82) is 0 Å². The highest BCUT2D eigenvalue weighted by atomic mass is 19.1. The minimum atomic E-state index is -0.290. The maximum Gasteiger partial charge on any atom is 0.261 e. The van der Waals surface area contributed by atoms with Crippen LogP contribution in [0, 0.1) is 30.0 Å². The minimum Gasteiger partial charge on any atom is -0.296 e. The quantitative estimate of drug-likeness (QED) is 0.563. The summed E-state index contributed by atoms with van der Waals surface area (Å²) in [6.45, 7) is 6.90. The van der Waals surface area contributed by atoms with Gasteiger partial charge in [-0.25, -0.2) is 9.37 Å². The summed E-state index contributed by atoms with van der Waals surface area (Å²) in [6.07, 6.45) is 1.82. The Labute approximate surface area is 157 Å². The molecule has 0 spiro atoms. The predicted octanol–water partition coefficient (Wildman–Crippen LogP) is 4.22. The molecule has 0 saturated heterocycles. The molecule has 3 nitrogen and oxygen atoms in total. The Morgan fingerprint density at radius 1 is 1.11 bits per heavy atom. The number of benzene rings is 2. The van der Waals surface area contributed by atoms with E-state index in [2.05, 4.69) is 25.7 Å². The lowest BCUT2D eigenvalue weighted by Gasteiger charge is -2.31. The lowest BCUT2D eigenvalue weighted by Crippen LogP contribution is -2.36. The summed E-state index contributed by atoms with van der Waals surface area (Å²) in [4.78, 5) is 17.6. The first kappa shape index (κ1) is 17.5. The summed E-state index contributed by atoms with van der Waals surface area (Å²) in [5.41, 5.74) is 3.03. The van der Waals surface area contributed by atoms with Gasteiger partial charge in [-0.1, -0.05) is 25.7 Å². The van der Waals surface area contributed by atoms with Gasteiger partial charge in [0.25, 0.3) is 5.56 Å². The normalized spacial score (nSPS) is 15.1. The zero-order valence-corrected chi connectivity index (χ0v) is 15.8. The Hall–Kier alpha value is -2.93. The van der Waals surface area contributed by atoms with Gasteiger partial charge in [0.2, 0.25) is 0 Å². The second-order valence-electron chi connectivity index (χ2n) is 8.08. The molecular weight excluding hydrogens is 339 g/mol. The van der Waals surface area contributed by atoms with E-state index in [1.165, 1.54) is 12.1 Å². The van der Waals surface area contributed by atoms with E-state index >= 15 is 0 Å². The van der Waals surface area contributed by atoms with Crippen LogP contribution in [0.4, 0.5) is 4.39 Å². The van der Waals surface area contributed by atoms with Crippen molar-refractivity contribution in [3.05, 3.63) is 75.1 Å². The number of hydrogen-bond donors (Lipinski definition) is 0. The molecular formula is C23H21FN2O. The van der Waals surface area contributed by atoms with Crippen LogP contribution in [0.5, 0.6) is 0 Å². The first-order valence-electron chi connectivity index (χ1n) is 9.13. The van der Waals surface area contributed by atoms with Gasteiger partial charge in [-0.05, 0) is 60.7 Å². The molecule has 0 bridgehead atoms. The Balaban J connectivity index is 1.76. The number of rotatable bonds is 0. The topological polar surface area (TPSA) is 34.9 Å². The number of aromatic nitrogens is 2. The van der Waals surface area contributed by atoms with E-state index in [9.17, 15) is 9.18 Å². The van der Waals surface area contributed by atoms with Crippen LogP contribution in [0.1, 0.15) is 42.8 Å². The highest BCUT2D eigenvalue weighted by Crippen LogP contribution is 2.29. The van der Waals surface area contributed by atoms with E-state index in [0.717, 1.165) is 29.8 Å². The molecule has 0 N–H and O–H groups in total. The predicted molar refractivity (Wildman–Crippen MR) is 105 cm³/mol. The SMILES string of the molecule is Cc1cc(F)cc(C#Cc2ccc3c(=O)n4c(nc3c2)CCC(C)(C)C4)c1. The highest BCUT2D eigenvalue weighted by Gasteiger charge is 2.27. The van der Waals surface area contributed by atoms with Crippen LogP contribution in [0.25, 0.3) is 10.9 Å². The number of nitrogens with zero attached hydrogens (tertiary/aromatic N) is 2. The van der Waals surface area contributed by atoms with Crippen molar-refractivity contribution in [2.45, 2.75) is 40.2 Å². The van der Waals surface area contributed by atoms with Crippen LogP contribution in [0.2, 0.25) is 0 Å². The van der Waals surface area contributed by atoms with Crippen molar-refractivity contribution >= 4 is 10.9 Å². The molecule has 0 fully saturated rings. The van der Waals surface area contributed by atoms with Gasteiger partial charge in [-0.3, -0.25) is 9.36 Å². The monoisotopic (exact) mass is 360 g/mol. The largest absolute Gasteiger partial charge is 0.296 e. The number of hydrogen-bond acceptors (Lipinski definition) is 2. The fraction of sp³-hybridized carbons (Fsp3) is 0.304. The van der Waals surface area contributed by atoms with Crippen LogP contribution < -0.4 is 5.56 Å². The van der Waals surface area contributed by atoms with Gasteiger partial charge >= 0.3 is 0 Å². The molecule has 0 unspecified atom stereocenters. The number of fused-ring (bicyclic) bond motifs is 2. The molecule has 1 aromatic heterocycles. The summed E-state index contributed by atoms with van der Waals surface area (Å²) in [7, 11) is 0. The van der Waals surface area contributed by atoms with Crippen molar-refractivity contribution in [3.8, 4) is 11.8 Å². The summed E-state index contributed by atoms with van der Waals surface area (Å²) in [6, 6.07) is 10.2. The second-order valence-corrected chi connectivity index (χ2v) is 8.08. The van der Waals surface area contributed by atoms with E-state index in [4.69, 9.17) is 4.98 Å². The van der Waals surface area contributed by atoms with Gasteiger partial charge in [0.1, 0.15) is 11.6 Å². The van der Waals surface area contributed by atoms with E-state index in [-0.39, 0.29) is 16.8 Å². The average molecular weight is 360 g/mol. The van der Waals surface area contributed by atoms with Crippen molar-refractivity contribution in [2.75, 3.05) is 0 Å². The molecule has 4 rings (SSSR count). The van der Waals surface area contributed by atoms with E-state index in [0.29, 0.717) is 23.0 Å². The van der Waals surface area contributed by atoms with Gasteiger partial charge in [0, 0.05) is 24.1 Å². The minimum absolute atomic E-state index is 0.0167. The van der Waals surface area contributed by atoms with E-state index in [1.54, 1.807) is 6.07 Å². The zero-order chi connectivity index (χ0) is 19.2. The molecule has 3 aromatic rings. The maximum atomic E-state index is 13.5. The fourth-order valence-corrected chi connectivity index (χ4v) is 3.61. The summed E-state index contributed by atoms with van der Waals surface area (Å²) < 4.78 is 15.3. The second kappa shape index (κ2) is 6.35. The van der Waals surface area contributed by atoms with Crippen molar-refractivity contribution in [1.82, 2.24) is 9.55 Å². The van der Waals surface area contributed by atoms with E-state index < -0.39 is 0 Å². The van der Waals surface area contributed by atoms with Crippen LogP contribution >= 0.6 is 0 Å². The Kier molecular flexibility index (Phi) is 4.11. The fourth-order valence-electron chi connectivity index (χ4n) is 3.61. The molecule has 0 radical (unpaired) electrons. The maximum absolute atomic E-state index is 13.5. The Morgan fingerprint density at radius 3 is 2.67 bits per heavy atom. The van der Waals surface area contributed by atoms with Crippen molar-refractivity contribution < 1.29 is 4.39 Å². The van der Waals surface area contributed by atoms with Crippen LogP contribution in [0.3, 0.4) is 0 Å². The first-order valence-corrected chi connectivity index (χ1v) is 9.13. The molecule has 27 heavy (non-hydrogen) atoms. The molecule has 0 amide bonds. The Morgan fingerprint density at radius 2 is 1.89 bits per heavy atom. The summed E-state index contributed by atoms with van der Waals surface area (Å²) in [5.74, 6) is 6.60. The van der Waals surface area contributed by atoms with Gasteiger partial charge in [0.05, 0.1) is 10.9 Å². The van der Waals surface area contributed by atoms with Crippen LogP contribution in [-0.4, -0.2) is 9.55 Å². The molecule has 0 aliphatic carbocycles. The highest BCUT2D eigenvalue weighted by molar-refractivity contribution is 5.79. The van der Waals surface area contributed by atoms with E-state index in [1.807, 2.05) is 29.7 Å². The Bertz CT molecular complexity index is 1160. The van der Waals surface area contributed by atoms with Crippen LogP contribution in [-0.2, 0) is 13.0 Å². The van der Waals surface area contributed by atoms with Crippen molar-refractivity contribution in [2.24, 2.45) is 5.41 Å². The van der Waals surface area contributed by atoms with Gasteiger partial charge < -0.3 is 0 Å². The zero-order valence-electron chi connectivity index (χ0n) is 15.8. The van der Waals surface area contributed by atoms with Crippen LogP contribution in [0.15, 0.2) is 41.2 Å². The third-order valence-corrected chi connectivity index (χ3v) is 5.04.